The van der Waals surface area contributed by atoms with Crippen LogP contribution in [0.3, 0.4) is 0 Å². The molecule has 0 bridgehead atoms. The molecule has 2 aromatic heterocycles. The van der Waals surface area contributed by atoms with Crippen LogP contribution in [-0.4, -0.2) is 29.5 Å². The monoisotopic (exact) mass is 263 g/mol. The summed E-state index contributed by atoms with van der Waals surface area (Å²) < 4.78 is 1.85. The lowest BCUT2D eigenvalue weighted by Gasteiger charge is -2.13. The highest BCUT2D eigenvalue weighted by atomic mass is 32.1. The highest BCUT2D eigenvalue weighted by Gasteiger charge is 2.16. The van der Waals surface area contributed by atoms with Crippen LogP contribution in [0.15, 0.2) is 29.8 Å². The van der Waals surface area contributed by atoms with Gasteiger partial charge in [0.25, 0.3) is 5.91 Å². The van der Waals surface area contributed by atoms with Crippen molar-refractivity contribution >= 4 is 22.9 Å². The molecule has 1 N–H and O–H groups in total. The highest BCUT2D eigenvalue weighted by molar-refractivity contribution is 7.09. The smallest absolute Gasteiger partial charge is 0.272 e. The SMILES string of the molecule is CN(C)C(=O)c1c(NCc2cccs2)ccn1C. The molecule has 0 aliphatic heterocycles. The van der Waals surface area contributed by atoms with Crippen molar-refractivity contribution < 1.29 is 4.79 Å². The van der Waals surface area contributed by atoms with Crippen LogP contribution in [-0.2, 0) is 13.6 Å². The van der Waals surface area contributed by atoms with Gasteiger partial charge in [-0.15, -0.1) is 11.3 Å². The average Bonchev–Trinajstić information content (AvgIpc) is 2.95. The minimum atomic E-state index is 0.0104. The molecule has 0 saturated carbocycles. The van der Waals surface area contributed by atoms with E-state index in [2.05, 4.69) is 11.4 Å². The van der Waals surface area contributed by atoms with Crippen molar-refractivity contribution in [3.63, 3.8) is 0 Å². The second-order valence-electron chi connectivity index (χ2n) is 4.32. The number of nitrogens with one attached hydrogen (secondary N) is 1. The predicted molar refractivity (Wildman–Crippen MR) is 75.1 cm³/mol. The lowest BCUT2D eigenvalue weighted by Crippen LogP contribution is -2.24. The fraction of sp³-hybridized carbons (Fsp3) is 0.308. The van der Waals surface area contributed by atoms with Gasteiger partial charge >= 0.3 is 0 Å². The van der Waals surface area contributed by atoms with Crippen molar-refractivity contribution in [3.8, 4) is 0 Å². The van der Waals surface area contributed by atoms with Crippen molar-refractivity contribution in [2.24, 2.45) is 7.05 Å². The van der Waals surface area contributed by atoms with Crippen LogP contribution in [0.2, 0.25) is 0 Å². The largest absolute Gasteiger partial charge is 0.378 e. The van der Waals surface area contributed by atoms with E-state index in [1.165, 1.54) is 4.88 Å². The molecule has 4 nitrogen and oxygen atoms in total. The molecule has 2 heterocycles. The van der Waals surface area contributed by atoms with Crippen LogP contribution >= 0.6 is 11.3 Å². The molecular weight excluding hydrogens is 246 g/mol. The first-order valence-electron chi connectivity index (χ1n) is 5.73. The molecule has 0 fully saturated rings. The van der Waals surface area contributed by atoms with Gasteiger partial charge in [0, 0.05) is 38.8 Å². The van der Waals surface area contributed by atoms with E-state index < -0.39 is 0 Å². The topological polar surface area (TPSA) is 37.3 Å². The molecule has 0 saturated heterocycles. The minimum Gasteiger partial charge on any atom is -0.378 e. The van der Waals surface area contributed by atoms with E-state index in [4.69, 9.17) is 0 Å². The quantitative estimate of drug-likeness (QED) is 0.919. The molecule has 1 amide bonds. The van der Waals surface area contributed by atoms with Crippen molar-refractivity contribution in [1.82, 2.24) is 9.47 Å². The number of aromatic nitrogens is 1. The van der Waals surface area contributed by atoms with Crippen LogP contribution in [0.1, 0.15) is 15.4 Å². The summed E-state index contributed by atoms with van der Waals surface area (Å²) in [6.07, 6.45) is 1.90. The molecule has 0 atom stereocenters. The lowest BCUT2D eigenvalue weighted by atomic mass is 10.3. The van der Waals surface area contributed by atoms with Gasteiger partial charge in [-0.1, -0.05) is 6.07 Å². The summed E-state index contributed by atoms with van der Waals surface area (Å²) in [5.74, 6) is 0.0104. The van der Waals surface area contributed by atoms with Gasteiger partial charge < -0.3 is 14.8 Å². The van der Waals surface area contributed by atoms with Crippen LogP contribution in [0.5, 0.6) is 0 Å². The van der Waals surface area contributed by atoms with Crippen molar-refractivity contribution in [2.45, 2.75) is 6.54 Å². The zero-order chi connectivity index (χ0) is 13.1. The van der Waals surface area contributed by atoms with Crippen LogP contribution in [0.25, 0.3) is 0 Å². The second kappa shape index (κ2) is 5.27. The van der Waals surface area contributed by atoms with Crippen molar-refractivity contribution in [3.05, 3.63) is 40.3 Å². The summed E-state index contributed by atoms with van der Waals surface area (Å²) in [6, 6.07) is 6.04. The Morgan fingerprint density at radius 1 is 1.44 bits per heavy atom. The molecule has 2 aromatic rings. The van der Waals surface area contributed by atoms with E-state index in [9.17, 15) is 4.79 Å². The van der Waals surface area contributed by atoms with Gasteiger partial charge in [0.2, 0.25) is 0 Å². The number of rotatable bonds is 4. The molecular formula is C13H17N3OS. The molecule has 2 rings (SSSR count). The number of amides is 1. The van der Waals surface area contributed by atoms with Gasteiger partial charge in [0.1, 0.15) is 5.69 Å². The van der Waals surface area contributed by atoms with E-state index in [1.54, 1.807) is 30.3 Å². The number of nitrogens with zero attached hydrogens (tertiary/aromatic N) is 2. The van der Waals surface area contributed by atoms with E-state index in [1.807, 2.05) is 35.3 Å². The number of aryl methyl sites for hydroxylation is 1. The maximum absolute atomic E-state index is 12.1. The Bertz CT molecular complexity index is 528. The van der Waals surface area contributed by atoms with Gasteiger partial charge in [-0.2, -0.15) is 0 Å². The normalized spacial score (nSPS) is 10.4. The van der Waals surface area contributed by atoms with E-state index >= 15 is 0 Å². The summed E-state index contributed by atoms with van der Waals surface area (Å²) in [6.45, 7) is 0.745. The molecule has 0 aliphatic rings. The van der Waals surface area contributed by atoms with Gasteiger partial charge in [-0.05, 0) is 17.5 Å². The third kappa shape index (κ3) is 2.56. The number of carbonyl (C=O) groups is 1. The first-order chi connectivity index (χ1) is 8.59. The first-order valence-corrected chi connectivity index (χ1v) is 6.61. The fourth-order valence-electron chi connectivity index (χ4n) is 1.75. The molecule has 18 heavy (non-hydrogen) atoms. The lowest BCUT2D eigenvalue weighted by molar-refractivity contribution is 0.0819. The Labute approximate surface area is 111 Å². The average molecular weight is 263 g/mol. The van der Waals surface area contributed by atoms with E-state index in [0.717, 1.165) is 12.2 Å². The van der Waals surface area contributed by atoms with Crippen LogP contribution < -0.4 is 5.32 Å². The molecule has 0 unspecified atom stereocenters. The summed E-state index contributed by atoms with van der Waals surface area (Å²) in [4.78, 5) is 14.9. The number of thiophene rings is 1. The van der Waals surface area contributed by atoms with Gasteiger partial charge in [0.05, 0.1) is 5.69 Å². The summed E-state index contributed by atoms with van der Waals surface area (Å²) in [5.41, 5.74) is 1.57. The van der Waals surface area contributed by atoms with Crippen LogP contribution in [0, 0.1) is 0 Å². The van der Waals surface area contributed by atoms with Crippen molar-refractivity contribution in [2.75, 3.05) is 19.4 Å². The molecule has 0 radical (unpaired) electrons. The molecule has 0 aromatic carbocycles. The summed E-state index contributed by atoms with van der Waals surface area (Å²) in [5, 5.41) is 5.36. The highest BCUT2D eigenvalue weighted by Crippen LogP contribution is 2.19. The standard InChI is InChI=1S/C13H17N3OS/c1-15(2)13(17)12-11(6-7-16(12)3)14-9-10-5-4-8-18-10/h4-8,14H,9H2,1-3H3. The Morgan fingerprint density at radius 3 is 2.83 bits per heavy atom. The third-order valence-electron chi connectivity index (χ3n) is 2.71. The number of hydrogen-bond donors (Lipinski definition) is 1. The summed E-state index contributed by atoms with van der Waals surface area (Å²) >= 11 is 1.70. The van der Waals surface area contributed by atoms with E-state index in [0.29, 0.717) is 5.69 Å². The van der Waals surface area contributed by atoms with Crippen molar-refractivity contribution in [1.29, 1.82) is 0 Å². The zero-order valence-corrected chi connectivity index (χ0v) is 11.6. The van der Waals surface area contributed by atoms with E-state index in [-0.39, 0.29) is 5.91 Å². The van der Waals surface area contributed by atoms with Gasteiger partial charge in [-0.25, -0.2) is 0 Å². The molecule has 0 spiro atoms. The summed E-state index contributed by atoms with van der Waals surface area (Å²) in [7, 11) is 5.41. The Morgan fingerprint density at radius 2 is 2.22 bits per heavy atom. The number of carbonyl (C=O) groups excluding carboxylic acids is 1. The van der Waals surface area contributed by atoms with Gasteiger partial charge in [-0.3, -0.25) is 4.79 Å². The molecule has 96 valence electrons. The maximum Gasteiger partial charge on any atom is 0.272 e. The van der Waals surface area contributed by atoms with Crippen LogP contribution in [0.4, 0.5) is 5.69 Å². The number of hydrogen-bond acceptors (Lipinski definition) is 3. The first kappa shape index (κ1) is 12.7. The predicted octanol–water partition coefficient (Wildman–Crippen LogP) is 2.40. The maximum atomic E-state index is 12.1. The third-order valence-corrected chi connectivity index (χ3v) is 3.59. The molecule has 0 aliphatic carbocycles. The fourth-order valence-corrected chi connectivity index (χ4v) is 2.39. The molecule has 5 heteroatoms. The Balaban J connectivity index is 2.16. The Kier molecular flexibility index (Phi) is 3.72. The van der Waals surface area contributed by atoms with Gasteiger partial charge in [0.15, 0.2) is 0 Å². The Hall–Kier alpha value is -1.75. The minimum absolute atomic E-state index is 0.0104. The zero-order valence-electron chi connectivity index (χ0n) is 10.8. The number of anilines is 1. The second-order valence-corrected chi connectivity index (χ2v) is 5.35.